The number of halogens is 1. The van der Waals surface area contributed by atoms with Crippen LogP contribution in [0.1, 0.15) is 40.0 Å². The second-order valence-electron chi connectivity index (χ2n) is 7.88. The molecule has 0 amide bonds. The van der Waals surface area contributed by atoms with Gasteiger partial charge in [0.2, 0.25) is 0 Å². The Morgan fingerprint density at radius 2 is 1.96 bits per heavy atom. The molecule has 1 aliphatic carbocycles. The zero-order valence-corrected chi connectivity index (χ0v) is 19.1. The van der Waals surface area contributed by atoms with Crippen molar-refractivity contribution in [2.45, 2.75) is 56.9 Å². The van der Waals surface area contributed by atoms with Crippen molar-refractivity contribution in [3.05, 3.63) is 0 Å². The Morgan fingerprint density at radius 1 is 1.24 bits per heavy atom. The first-order valence-electron chi connectivity index (χ1n) is 9.32. The Labute approximate surface area is 173 Å². The third kappa shape index (κ3) is 4.41. The molecule has 2 heterocycles. The number of rotatable bonds is 5. The fourth-order valence-electron chi connectivity index (χ4n) is 4.48. The monoisotopic (exact) mass is 483 g/mol. The van der Waals surface area contributed by atoms with Crippen molar-refractivity contribution in [2.24, 2.45) is 16.3 Å². The lowest BCUT2D eigenvalue weighted by atomic mass is 9.57. The molecule has 3 unspecified atom stereocenters. The Bertz CT molecular complexity index is 469. The summed E-state index contributed by atoms with van der Waals surface area (Å²) in [5.41, 5.74) is 0.174. The first-order valence-corrected chi connectivity index (χ1v) is 10.5. The van der Waals surface area contributed by atoms with E-state index in [9.17, 15) is 0 Å². The van der Waals surface area contributed by atoms with E-state index in [1.165, 1.54) is 0 Å². The van der Waals surface area contributed by atoms with Crippen molar-refractivity contribution in [1.29, 1.82) is 0 Å². The van der Waals surface area contributed by atoms with Gasteiger partial charge in [0.05, 0.1) is 12.6 Å². The maximum atomic E-state index is 5.91. The molecule has 2 saturated heterocycles. The van der Waals surface area contributed by atoms with Gasteiger partial charge in [-0.25, -0.2) is 0 Å². The predicted molar refractivity (Wildman–Crippen MR) is 116 cm³/mol. The van der Waals surface area contributed by atoms with Gasteiger partial charge in [-0.1, -0.05) is 13.8 Å². The second-order valence-corrected chi connectivity index (χ2v) is 9.16. The van der Waals surface area contributed by atoms with Crippen molar-refractivity contribution in [3.63, 3.8) is 0 Å². The molecule has 3 fully saturated rings. The Hall–Kier alpha value is 0.270. The highest BCUT2D eigenvalue weighted by molar-refractivity contribution is 14.0. The third-order valence-corrected chi connectivity index (χ3v) is 7.50. The van der Waals surface area contributed by atoms with E-state index >= 15 is 0 Å². The molecule has 0 radical (unpaired) electrons. The summed E-state index contributed by atoms with van der Waals surface area (Å²) in [6.45, 7) is 11.1. The van der Waals surface area contributed by atoms with Gasteiger partial charge in [-0.05, 0) is 32.4 Å². The molecule has 0 aromatic rings. The highest BCUT2D eigenvalue weighted by atomic mass is 127. The number of thioether (sulfide) groups is 1. The van der Waals surface area contributed by atoms with Crippen molar-refractivity contribution in [2.75, 3.05) is 39.2 Å². The van der Waals surface area contributed by atoms with E-state index in [-0.39, 0.29) is 34.1 Å². The minimum absolute atomic E-state index is 0. The van der Waals surface area contributed by atoms with Crippen LogP contribution in [0.25, 0.3) is 0 Å². The molecule has 3 aliphatic rings. The second kappa shape index (κ2) is 8.97. The molecule has 146 valence electrons. The highest BCUT2D eigenvalue weighted by Crippen LogP contribution is 2.52. The Balaban J connectivity index is 0.00000225. The van der Waals surface area contributed by atoms with Crippen molar-refractivity contribution >= 4 is 41.7 Å². The SMILES string of the molecule is CCNC(=NCC1(SC)CCOCC1)NC1C2CCOC2C1(C)C.I. The van der Waals surface area contributed by atoms with Crippen molar-refractivity contribution < 1.29 is 9.47 Å². The fourth-order valence-corrected chi connectivity index (χ4v) is 5.25. The first-order chi connectivity index (χ1) is 11.5. The van der Waals surface area contributed by atoms with Crippen LogP contribution in [0.4, 0.5) is 0 Å². The Morgan fingerprint density at radius 3 is 2.60 bits per heavy atom. The summed E-state index contributed by atoms with van der Waals surface area (Å²) >= 11 is 1.94. The van der Waals surface area contributed by atoms with Crippen LogP contribution in [0, 0.1) is 11.3 Å². The first kappa shape index (κ1) is 21.6. The van der Waals surface area contributed by atoms with Gasteiger partial charge in [-0.3, -0.25) is 4.99 Å². The van der Waals surface area contributed by atoms with Gasteiger partial charge >= 0.3 is 0 Å². The van der Waals surface area contributed by atoms with E-state index in [1.54, 1.807) is 0 Å². The lowest BCUT2D eigenvalue weighted by molar-refractivity contribution is -0.106. The topological polar surface area (TPSA) is 54.9 Å². The third-order valence-electron chi connectivity index (χ3n) is 6.10. The average Bonchev–Trinajstić information content (AvgIpc) is 3.05. The smallest absolute Gasteiger partial charge is 0.191 e. The van der Waals surface area contributed by atoms with E-state index in [0.29, 0.717) is 18.1 Å². The van der Waals surface area contributed by atoms with E-state index < -0.39 is 0 Å². The molecule has 1 saturated carbocycles. The zero-order valence-electron chi connectivity index (χ0n) is 16.0. The summed E-state index contributed by atoms with van der Waals surface area (Å²) in [6.07, 6.45) is 5.95. The van der Waals surface area contributed by atoms with Gasteiger partial charge < -0.3 is 20.1 Å². The average molecular weight is 483 g/mol. The van der Waals surface area contributed by atoms with Gasteiger partial charge in [-0.2, -0.15) is 11.8 Å². The molecule has 0 aromatic carbocycles. The molecule has 25 heavy (non-hydrogen) atoms. The summed E-state index contributed by atoms with van der Waals surface area (Å²) in [7, 11) is 0. The summed E-state index contributed by atoms with van der Waals surface area (Å²) in [6, 6.07) is 0.447. The number of nitrogens with one attached hydrogen (secondary N) is 2. The van der Waals surface area contributed by atoms with Crippen LogP contribution in [0.2, 0.25) is 0 Å². The number of hydrogen-bond donors (Lipinski definition) is 2. The molecule has 7 heteroatoms. The maximum Gasteiger partial charge on any atom is 0.191 e. The minimum atomic E-state index is 0. The summed E-state index contributed by atoms with van der Waals surface area (Å²) < 4.78 is 11.7. The van der Waals surface area contributed by atoms with Crippen LogP contribution in [-0.2, 0) is 9.47 Å². The largest absolute Gasteiger partial charge is 0.381 e. The molecule has 2 aliphatic heterocycles. The van der Waals surface area contributed by atoms with Crippen LogP contribution in [0.5, 0.6) is 0 Å². The molecule has 3 atom stereocenters. The highest BCUT2D eigenvalue weighted by Gasteiger charge is 2.59. The molecule has 0 aromatic heterocycles. The summed E-state index contributed by atoms with van der Waals surface area (Å²) in [5.74, 6) is 1.59. The van der Waals surface area contributed by atoms with Crippen LogP contribution < -0.4 is 10.6 Å². The van der Waals surface area contributed by atoms with Crippen molar-refractivity contribution in [1.82, 2.24) is 10.6 Å². The maximum absolute atomic E-state index is 5.91. The normalized spacial score (nSPS) is 33.0. The number of aliphatic imine (C=N–C) groups is 1. The molecule has 0 bridgehead atoms. The van der Waals surface area contributed by atoms with E-state index in [4.69, 9.17) is 14.5 Å². The van der Waals surface area contributed by atoms with Crippen LogP contribution in [0.3, 0.4) is 0 Å². The standard InChI is InChI=1S/C18H33N3O2S.HI/c1-5-19-16(20-12-18(24-4)7-10-22-11-8-18)21-14-13-6-9-23-15(13)17(14,2)3;/h13-15H,5-12H2,1-4H3,(H2,19,20,21);1H. The van der Waals surface area contributed by atoms with Gasteiger partial charge in [-0.15, -0.1) is 24.0 Å². The lowest BCUT2D eigenvalue weighted by Crippen LogP contribution is -2.68. The van der Waals surface area contributed by atoms with Gasteiger partial charge in [0, 0.05) is 48.5 Å². The number of hydrogen-bond acceptors (Lipinski definition) is 4. The van der Waals surface area contributed by atoms with Crippen LogP contribution >= 0.6 is 35.7 Å². The van der Waals surface area contributed by atoms with E-state index in [2.05, 4.69) is 37.7 Å². The predicted octanol–water partition coefficient (Wildman–Crippen LogP) is 2.89. The van der Waals surface area contributed by atoms with Gasteiger partial charge in [0.1, 0.15) is 0 Å². The number of fused-ring (bicyclic) bond motifs is 1. The zero-order chi connectivity index (χ0) is 17.2. The molecule has 0 spiro atoms. The summed E-state index contributed by atoms with van der Waals surface area (Å²) in [5, 5.41) is 7.15. The Kier molecular flexibility index (Phi) is 7.74. The van der Waals surface area contributed by atoms with Crippen LogP contribution in [0.15, 0.2) is 4.99 Å². The van der Waals surface area contributed by atoms with Gasteiger partial charge in [0.15, 0.2) is 5.96 Å². The molecule has 2 N–H and O–H groups in total. The van der Waals surface area contributed by atoms with E-state index in [1.807, 2.05) is 11.8 Å². The molecular weight excluding hydrogens is 449 g/mol. The molecule has 3 rings (SSSR count). The minimum Gasteiger partial charge on any atom is -0.381 e. The number of nitrogens with zero attached hydrogens (tertiary/aromatic N) is 1. The van der Waals surface area contributed by atoms with Crippen LogP contribution in [-0.4, -0.2) is 62.0 Å². The number of guanidine groups is 1. The van der Waals surface area contributed by atoms with E-state index in [0.717, 1.165) is 58.1 Å². The quantitative estimate of drug-likeness (QED) is 0.358. The number of ether oxygens (including phenoxy) is 2. The fraction of sp³-hybridized carbons (Fsp3) is 0.944. The lowest BCUT2D eigenvalue weighted by Gasteiger charge is -2.55. The van der Waals surface area contributed by atoms with Crippen molar-refractivity contribution in [3.8, 4) is 0 Å². The molecule has 5 nitrogen and oxygen atoms in total. The molecular formula is C18H34IN3O2S. The van der Waals surface area contributed by atoms with Gasteiger partial charge in [0.25, 0.3) is 0 Å². The summed E-state index contributed by atoms with van der Waals surface area (Å²) in [4.78, 5) is 4.96.